The molecule has 15 nitrogen and oxygen atoms in total. The first-order valence-corrected chi connectivity index (χ1v) is 17.1. The van der Waals surface area contributed by atoms with Gasteiger partial charge in [0.2, 0.25) is 0 Å². The number of aliphatic carboxylic acids is 1. The summed E-state index contributed by atoms with van der Waals surface area (Å²) in [5.41, 5.74) is -2.73. The third-order valence-electron chi connectivity index (χ3n) is 6.12. The maximum absolute atomic E-state index is 13.2. The molecule has 0 bridgehead atoms. The molecule has 0 radical (unpaired) electrons. The fourth-order valence-corrected chi connectivity index (χ4v) is 4.32. The highest BCUT2D eigenvalue weighted by atomic mass is 16.6. The van der Waals surface area contributed by atoms with Gasteiger partial charge in [0, 0.05) is 26.2 Å². The number of ether oxygens (including phenoxy) is 4. The van der Waals surface area contributed by atoms with E-state index in [2.05, 4.69) is 20.9 Å². The third kappa shape index (κ3) is 26.1. The van der Waals surface area contributed by atoms with Crippen LogP contribution in [-0.4, -0.2) is 120 Å². The van der Waals surface area contributed by atoms with Crippen LogP contribution in [0.5, 0.6) is 0 Å². The average molecular weight is 704 g/mol. The smallest absolute Gasteiger partial charge is 0.411 e. The van der Waals surface area contributed by atoms with Gasteiger partial charge in [-0.3, -0.25) is 4.90 Å². The van der Waals surface area contributed by atoms with Gasteiger partial charge in [-0.25, -0.2) is 24.0 Å². The molecule has 15 heteroatoms. The molecule has 0 rings (SSSR count). The summed E-state index contributed by atoms with van der Waals surface area (Å²) >= 11 is 0. The van der Waals surface area contributed by atoms with E-state index in [0.717, 1.165) is 0 Å². The first-order valence-electron chi connectivity index (χ1n) is 17.1. The van der Waals surface area contributed by atoms with Gasteiger partial charge in [0.1, 0.15) is 28.4 Å². The molecule has 0 fully saturated rings. The summed E-state index contributed by atoms with van der Waals surface area (Å²) in [5, 5.41) is 18.3. The van der Waals surface area contributed by atoms with E-state index in [1.165, 1.54) is 4.90 Å². The molecule has 0 heterocycles. The SMILES string of the molecule is CC(C)(C)OC(=O)NCCCN(CCCNC(=O)OC(C)(C)C)CCC[C@@H](C(=O)O)N(CCCNC(=O)OC(C)(C)C)C(=O)OC(C)(C)C. The molecule has 4 N–H and O–H groups in total. The third-order valence-corrected chi connectivity index (χ3v) is 6.12. The van der Waals surface area contributed by atoms with Crippen LogP contribution < -0.4 is 16.0 Å². The summed E-state index contributed by atoms with van der Waals surface area (Å²) in [7, 11) is 0. The Hall–Kier alpha value is -3.49. The molecule has 0 spiro atoms. The van der Waals surface area contributed by atoms with E-state index in [4.69, 9.17) is 18.9 Å². The Labute approximate surface area is 293 Å². The molecular formula is C34H65N5O10. The molecule has 0 aliphatic rings. The molecule has 0 aromatic carbocycles. The van der Waals surface area contributed by atoms with E-state index < -0.39 is 58.8 Å². The first kappa shape index (κ1) is 45.5. The highest BCUT2D eigenvalue weighted by molar-refractivity contribution is 5.80. The van der Waals surface area contributed by atoms with Gasteiger partial charge in [-0.05, 0) is 135 Å². The van der Waals surface area contributed by atoms with Gasteiger partial charge >= 0.3 is 30.3 Å². The summed E-state index contributed by atoms with van der Waals surface area (Å²) in [6.07, 6.45) is -0.288. The molecule has 1 atom stereocenters. The van der Waals surface area contributed by atoms with E-state index in [1.807, 2.05) is 0 Å². The van der Waals surface area contributed by atoms with Crippen LogP contribution in [0.25, 0.3) is 0 Å². The zero-order valence-corrected chi connectivity index (χ0v) is 32.1. The lowest BCUT2D eigenvalue weighted by Gasteiger charge is -2.32. The van der Waals surface area contributed by atoms with E-state index in [-0.39, 0.29) is 25.9 Å². The van der Waals surface area contributed by atoms with Gasteiger partial charge in [0.25, 0.3) is 0 Å². The molecule has 0 unspecified atom stereocenters. The lowest BCUT2D eigenvalue weighted by Crippen LogP contribution is -2.48. The van der Waals surface area contributed by atoms with Crippen molar-refractivity contribution in [1.29, 1.82) is 0 Å². The minimum absolute atomic E-state index is 0.0397. The van der Waals surface area contributed by atoms with Crippen LogP contribution in [0.1, 0.15) is 115 Å². The molecule has 0 aliphatic carbocycles. The fourth-order valence-electron chi connectivity index (χ4n) is 4.32. The zero-order valence-electron chi connectivity index (χ0n) is 32.1. The summed E-state index contributed by atoms with van der Waals surface area (Å²) in [4.78, 5) is 65.1. The van der Waals surface area contributed by atoms with Crippen LogP contribution in [0.3, 0.4) is 0 Å². The highest BCUT2D eigenvalue weighted by Gasteiger charge is 2.32. The van der Waals surface area contributed by atoms with Crippen molar-refractivity contribution < 1.29 is 48.0 Å². The van der Waals surface area contributed by atoms with Crippen LogP contribution in [0.4, 0.5) is 19.2 Å². The lowest BCUT2D eigenvalue weighted by molar-refractivity contribution is -0.143. The van der Waals surface area contributed by atoms with Crippen molar-refractivity contribution in [3.8, 4) is 0 Å². The maximum Gasteiger partial charge on any atom is 0.411 e. The Kier molecular flexibility index (Phi) is 19.4. The van der Waals surface area contributed by atoms with Crippen molar-refractivity contribution in [1.82, 2.24) is 25.8 Å². The number of hydrogen-bond acceptors (Lipinski definition) is 10. The number of carbonyl (C=O) groups is 5. The Morgan fingerprint density at radius 1 is 0.531 bits per heavy atom. The molecule has 0 saturated heterocycles. The standard InChI is InChI=1S/C34H65N5O10/c1-31(2,3)46-27(42)35-18-14-22-38(23-15-19-36-28(43)47-32(4,5)6)21-13-17-25(26(40)41)39(30(45)49-34(10,11)12)24-16-20-37-29(44)48-33(7,8)9/h25H,13-24H2,1-12H3,(H,35,42)(H,36,43)(H,37,44)(H,40,41)/t25-/m0/s1. The van der Waals surface area contributed by atoms with E-state index in [9.17, 15) is 29.1 Å². The summed E-state index contributed by atoms with van der Waals surface area (Å²) in [6, 6.07) is -1.17. The zero-order chi connectivity index (χ0) is 38.1. The second-order valence-electron chi connectivity index (χ2n) is 15.9. The van der Waals surface area contributed by atoms with E-state index >= 15 is 0 Å². The molecule has 0 aromatic rings. The fraction of sp³-hybridized carbons (Fsp3) is 0.853. The largest absolute Gasteiger partial charge is 0.480 e. The number of nitrogens with one attached hydrogen (secondary N) is 3. The van der Waals surface area contributed by atoms with Gasteiger partial charge in [-0.2, -0.15) is 0 Å². The second-order valence-corrected chi connectivity index (χ2v) is 15.9. The lowest BCUT2D eigenvalue weighted by atomic mass is 10.1. The van der Waals surface area contributed by atoms with Crippen LogP contribution in [0.2, 0.25) is 0 Å². The number of carbonyl (C=O) groups excluding carboxylic acids is 4. The van der Waals surface area contributed by atoms with E-state index in [1.54, 1.807) is 83.1 Å². The summed E-state index contributed by atoms with van der Waals surface area (Å²) < 4.78 is 21.4. The Bertz CT molecular complexity index is 1010. The normalized spacial score (nSPS) is 12.8. The Balaban J connectivity index is 5.47. The van der Waals surface area contributed by atoms with Crippen molar-refractivity contribution in [3.63, 3.8) is 0 Å². The van der Waals surface area contributed by atoms with Gasteiger partial charge in [0.15, 0.2) is 0 Å². The Morgan fingerprint density at radius 3 is 1.18 bits per heavy atom. The topological polar surface area (TPSA) is 185 Å². The predicted octanol–water partition coefficient (Wildman–Crippen LogP) is 5.50. The minimum Gasteiger partial charge on any atom is -0.480 e. The van der Waals surface area contributed by atoms with Crippen molar-refractivity contribution in [3.05, 3.63) is 0 Å². The minimum atomic E-state index is -1.17. The van der Waals surface area contributed by atoms with Crippen LogP contribution in [-0.2, 0) is 23.7 Å². The summed E-state index contributed by atoms with van der Waals surface area (Å²) in [6.45, 7) is 23.7. The van der Waals surface area contributed by atoms with Gasteiger partial charge in [0.05, 0.1) is 0 Å². The number of nitrogens with zero attached hydrogens (tertiary/aromatic N) is 2. The number of carboxylic acids is 1. The van der Waals surface area contributed by atoms with Gasteiger partial charge in [-0.1, -0.05) is 0 Å². The number of carboxylic acid groups (broad SMARTS) is 1. The average Bonchev–Trinajstić information content (AvgIpc) is 2.87. The van der Waals surface area contributed by atoms with Crippen molar-refractivity contribution in [2.75, 3.05) is 45.8 Å². The monoisotopic (exact) mass is 703 g/mol. The van der Waals surface area contributed by atoms with Crippen LogP contribution in [0, 0.1) is 0 Å². The second kappa shape index (κ2) is 20.9. The molecular weight excluding hydrogens is 638 g/mol. The molecule has 4 amide bonds. The van der Waals surface area contributed by atoms with Crippen LogP contribution >= 0.6 is 0 Å². The van der Waals surface area contributed by atoms with Crippen molar-refractivity contribution >= 4 is 30.3 Å². The maximum atomic E-state index is 13.2. The quantitative estimate of drug-likeness (QED) is 0.104. The number of amides is 4. The molecule has 286 valence electrons. The van der Waals surface area contributed by atoms with Crippen molar-refractivity contribution in [2.45, 2.75) is 144 Å². The molecule has 0 saturated carbocycles. The highest BCUT2D eigenvalue weighted by Crippen LogP contribution is 2.17. The molecule has 0 aromatic heterocycles. The first-order chi connectivity index (χ1) is 22.3. The number of alkyl carbamates (subject to hydrolysis) is 3. The number of rotatable bonds is 18. The van der Waals surface area contributed by atoms with Crippen LogP contribution in [0.15, 0.2) is 0 Å². The van der Waals surface area contributed by atoms with E-state index in [0.29, 0.717) is 52.0 Å². The van der Waals surface area contributed by atoms with Gasteiger partial charge < -0.3 is 44.9 Å². The van der Waals surface area contributed by atoms with Gasteiger partial charge in [-0.15, -0.1) is 0 Å². The summed E-state index contributed by atoms with van der Waals surface area (Å²) in [5.74, 6) is -1.17. The Morgan fingerprint density at radius 2 is 0.857 bits per heavy atom. The number of hydrogen-bond donors (Lipinski definition) is 4. The molecule has 49 heavy (non-hydrogen) atoms. The van der Waals surface area contributed by atoms with Crippen molar-refractivity contribution in [2.24, 2.45) is 0 Å². The predicted molar refractivity (Wildman–Crippen MR) is 187 cm³/mol. The molecule has 0 aliphatic heterocycles.